The van der Waals surface area contributed by atoms with Gasteiger partial charge in [-0.2, -0.15) is 0 Å². The minimum absolute atomic E-state index is 0.198. The topological polar surface area (TPSA) is 17.1 Å². The summed E-state index contributed by atoms with van der Waals surface area (Å²) in [7, 11) is 0. The van der Waals surface area contributed by atoms with Gasteiger partial charge in [0.15, 0.2) is 5.78 Å². The lowest BCUT2D eigenvalue weighted by atomic mass is 9.96. The van der Waals surface area contributed by atoms with E-state index in [0.717, 1.165) is 11.1 Å². The van der Waals surface area contributed by atoms with E-state index in [1.165, 1.54) is 17.5 Å². The van der Waals surface area contributed by atoms with Gasteiger partial charge in [0.1, 0.15) is 0 Å². The van der Waals surface area contributed by atoms with Crippen molar-refractivity contribution in [3.8, 4) is 0 Å². The zero-order valence-electron chi connectivity index (χ0n) is 9.39. The lowest BCUT2D eigenvalue weighted by Crippen LogP contribution is -2.04. The molecule has 82 valence electrons. The van der Waals surface area contributed by atoms with Crippen molar-refractivity contribution in [3.63, 3.8) is 0 Å². The summed E-state index contributed by atoms with van der Waals surface area (Å²) in [5, 5.41) is 0. The Hall–Kier alpha value is -1.89. The smallest absolute Gasteiger partial charge is 0.193 e. The first-order chi connectivity index (χ1) is 8.36. The number of hydrogen-bond donors (Lipinski definition) is 0. The number of ketones is 1. The molecule has 0 spiro atoms. The molecule has 0 bridgehead atoms. The summed E-state index contributed by atoms with van der Waals surface area (Å²) in [6, 6.07) is 16.2. The van der Waals surface area contributed by atoms with Gasteiger partial charge in [0.05, 0.1) is 0 Å². The molecule has 1 heteroatoms. The van der Waals surface area contributed by atoms with Gasteiger partial charge in [0.2, 0.25) is 0 Å². The average molecular weight is 220 g/mol. The standard InChI is InChI=1S/C16H12O/c17-16-12-7-3-1-5-10(12)14-9-15(14)11-6-2-4-8-13(11)16/h1-8,14-15H,9H2/t14-,15-/m1/s1. The maximum absolute atomic E-state index is 12.5. The summed E-state index contributed by atoms with van der Waals surface area (Å²) in [5.74, 6) is 1.33. The Labute approximate surface area is 100 Å². The van der Waals surface area contributed by atoms with Gasteiger partial charge in [0.25, 0.3) is 0 Å². The molecule has 2 aromatic rings. The molecule has 4 rings (SSSR count). The van der Waals surface area contributed by atoms with Crippen molar-refractivity contribution in [2.75, 3.05) is 0 Å². The highest BCUT2D eigenvalue weighted by Crippen LogP contribution is 2.58. The van der Waals surface area contributed by atoms with Gasteiger partial charge in [0, 0.05) is 11.1 Å². The Bertz CT molecular complexity index is 573. The average Bonchev–Trinajstić information content (AvgIpc) is 3.18. The fourth-order valence-corrected chi connectivity index (χ4v) is 3.08. The molecule has 0 saturated heterocycles. The maximum Gasteiger partial charge on any atom is 0.193 e. The predicted molar refractivity (Wildman–Crippen MR) is 66.4 cm³/mol. The molecular weight excluding hydrogens is 208 g/mol. The highest BCUT2D eigenvalue weighted by molar-refractivity contribution is 6.12. The zero-order valence-corrected chi connectivity index (χ0v) is 9.39. The second kappa shape index (κ2) is 3.07. The summed E-state index contributed by atoms with van der Waals surface area (Å²) in [6.45, 7) is 0. The summed E-state index contributed by atoms with van der Waals surface area (Å²) < 4.78 is 0. The summed E-state index contributed by atoms with van der Waals surface area (Å²) in [5.41, 5.74) is 4.31. The molecule has 0 unspecified atom stereocenters. The van der Waals surface area contributed by atoms with E-state index in [4.69, 9.17) is 0 Å². The maximum atomic E-state index is 12.5. The monoisotopic (exact) mass is 220 g/mol. The minimum atomic E-state index is 0.198. The van der Waals surface area contributed by atoms with Gasteiger partial charge >= 0.3 is 0 Å². The molecule has 0 radical (unpaired) electrons. The third-order valence-electron chi connectivity index (χ3n) is 4.00. The van der Waals surface area contributed by atoms with E-state index in [-0.39, 0.29) is 5.78 Å². The molecule has 2 aliphatic rings. The van der Waals surface area contributed by atoms with Gasteiger partial charge in [-0.15, -0.1) is 0 Å². The first-order valence-corrected chi connectivity index (χ1v) is 6.09. The van der Waals surface area contributed by atoms with Gasteiger partial charge in [-0.1, -0.05) is 48.5 Å². The van der Waals surface area contributed by atoms with Gasteiger partial charge in [-0.05, 0) is 29.4 Å². The second-order valence-electron chi connectivity index (χ2n) is 4.95. The molecule has 2 aromatic carbocycles. The van der Waals surface area contributed by atoms with Crippen LogP contribution < -0.4 is 0 Å². The Morgan fingerprint density at radius 2 is 1.24 bits per heavy atom. The second-order valence-corrected chi connectivity index (χ2v) is 4.95. The number of hydrogen-bond acceptors (Lipinski definition) is 1. The Morgan fingerprint density at radius 1 is 0.765 bits per heavy atom. The quantitative estimate of drug-likeness (QED) is 0.664. The van der Waals surface area contributed by atoms with Crippen LogP contribution in [0.3, 0.4) is 0 Å². The van der Waals surface area contributed by atoms with Crippen molar-refractivity contribution in [1.82, 2.24) is 0 Å². The SMILES string of the molecule is O=C1c2ccccc2[C@H]2C[C@@H]2c2ccccc21. The van der Waals surface area contributed by atoms with E-state index >= 15 is 0 Å². The van der Waals surface area contributed by atoms with Crippen LogP contribution in [0.2, 0.25) is 0 Å². The number of benzene rings is 2. The van der Waals surface area contributed by atoms with E-state index in [9.17, 15) is 4.79 Å². The number of carbonyl (C=O) groups is 1. The molecule has 0 N–H and O–H groups in total. The third-order valence-corrected chi connectivity index (χ3v) is 4.00. The Kier molecular flexibility index (Phi) is 1.66. The molecule has 0 aromatic heterocycles. The van der Waals surface area contributed by atoms with E-state index in [0.29, 0.717) is 11.8 Å². The molecule has 0 heterocycles. The minimum Gasteiger partial charge on any atom is -0.289 e. The van der Waals surface area contributed by atoms with Gasteiger partial charge in [-0.3, -0.25) is 4.79 Å². The van der Waals surface area contributed by atoms with Crippen LogP contribution in [0.15, 0.2) is 48.5 Å². The van der Waals surface area contributed by atoms with Crippen LogP contribution in [0, 0.1) is 0 Å². The van der Waals surface area contributed by atoms with E-state index in [1.54, 1.807) is 0 Å². The fourth-order valence-electron chi connectivity index (χ4n) is 3.08. The largest absolute Gasteiger partial charge is 0.289 e. The van der Waals surface area contributed by atoms with Crippen molar-refractivity contribution in [3.05, 3.63) is 70.8 Å². The van der Waals surface area contributed by atoms with Crippen molar-refractivity contribution in [2.24, 2.45) is 0 Å². The first-order valence-electron chi connectivity index (χ1n) is 6.09. The van der Waals surface area contributed by atoms with Crippen molar-refractivity contribution < 1.29 is 4.79 Å². The molecular formula is C16H12O. The van der Waals surface area contributed by atoms with Crippen LogP contribution in [0.5, 0.6) is 0 Å². The van der Waals surface area contributed by atoms with Crippen LogP contribution in [-0.2, 0) is 0 Å². The number of carbonyl (C=O) groups excluding carboxylic acids is 1. The summed E-state index contributed by atoms with van der Waals surface area (Å²) >= 11 is 0. The van der Waals surface area contributed by atoms with Gasteiger partial charge < -0.3 is 0 Å². The lowest BCUT2D eigenvalue weighted by molar-refractivity contribution is 0.103. The summed E-state index contributed by atoms with van der Waals surface area (Å²) in [6.07, 6.45) is 1.20. The Balaban J connectivity index is 2.03. The molecule has 0 amide bonds. The highest BCUT2D eigenvalue weighted by atomic mass is 16.1. The normalized spacial score (nSPS) is 24.4. The van der Waals surface area contributed by atoms with Crippen LogP contribution in [0.1, 0.15) is 45.3 Å². The Morgan fingerprint density at radius 3 is 1.76 bits per heavy atom. The van der Waals surface area contributed by atoms with Crippen LogP contribution in [-0.4, -0.2) is 5.78 Å². The molecule has 1 saturated carbocycles. The van der Waals surface area contributed by atoms with Gasteiger partial charge in [-0.25, -0.2) is 0 Å². The van der Waals surface area contributed by atoms with E-state index in [2.05, 4.69) is 12.1 Å². The molecule has 2 aliphatic carbocycles. The molecule has 0 aliphatic heterocycles. The van der Waals surface area contributed by atoms with Crippen molar-refractivity contribution in [2.45, 2.75) is 18.3 Å². The third kappa shape index (κ3) is 1.17. The predicted octanol–water partition coefficient (Wildman–Crippen LogP) is 3.50. The fraction of sp³-hybridized carbons (Fsp3) is 0.188. The first kappa shape index (κ1) is 9.17. The molecule has 1 nitrogen and oxygen atoms in total. The van der Waals surface area contributed by atoms with E-state index < -0.39 is 0 Å². The molecule has 1 fully saturated rings. The zero-order chi connectivity index (χ0) is 11.4. The van der Waals surface area contributed by atoms with Crippen LogP contribution >= 0.6 is 0 Å². The van der Waals surface area contributed by atoms with Crippen molar-refractivity contribution >= 4 is 5.78 Å². The number of rotatable bonds is 0. The van der Waals surface area contributed by atoms with Crippen LogP contribution in [0.4, 0.5) is 0 Å². The van der Waals surface area contributed by atoms with Crippen molar-refractivity contribution in [1.29, 1.82) is 0 Å². The van der Waals surface area contributed by atoms with Crippen LogP contribution in [0.25, 0.3) is 0 Å². The lowest BCUT2D eigenvalue weighted by Gasteiger charge is -2.06. The van der Waals surface area contributed by atoms with E-state index in [1.807, 2.05) is 36.4 Å². The summed E-state index contributed by atoms with van der Waals surface area (Å²) in [4.78, 5) is 12.5. The highest BCUT2D eigenvalue weighted by Gasteiger charge is 2.45. The molecule has 2 atom stereocenters. The number of fused-ring (bicyclic) bond motifs is 5. The molecule has 17 heavy (non-hydrogen) atoms.